The molecule has 0 N–H and O–H groups in total. The van der Waals surface area contributed by atoms with E-state index in [2.05, 4.69) is 123 Å². The van der Waals surface area contributed by atoms with Gasteiger partial charge < -0.3 is 0 Å². The molecule has 2 aliphatic carbocycles. The maximum Gasteiger partial charge on any atom is 0.0719 e. The van der Waals surface area contributed by atoms with E-state index in [9.17, 15) is 0 Å². The second-order valence-corrected chi connectivity index (χ2v) is 9.72. The molecule has 0 aliphatic heterocycles. The smallest absolute Gasteiger partial charge is 0.0619 e. The van der Waals surface area contributed by atoms with Crippen LogP contribution in [0.15, 0.2) is 109 Å². The van der Waals surface area contributed by atoms with Crippen molar-refractivity contribution in [3.05, 3.63) is 143 Å². The topological polar surface area (TPSA) is 0 Å². The van der Waals surface area contributed by atoms with E-state index in [0.29, 0.717) is 0 Å². The Kier molecular flexibility index (Phi) is 3.36. The van der Waals surface area contributed by atoms with Crippen molar-refractivity contribution in [3.63, 3.8) is 0 Å². The Labute approximate surface area is 189 Å². The third kappa shape index (κ3) is 1.95. The third-order valence-electron chi connectivity index (χ3n) is 7.94. The molecule has 0 nitrogen and oxygen atoms in total. The SMILES string of the molecule is CC1(C)c2ccccc2C2(c3ccccc3-c3c2ccc2ccccc32)c2ccccc21. The Balaban J connectivity index is 1.76. The molecule has 0 atom stereocenters. The first-order valence-corrected chi connectivity index (χ1v) is 11.5. The second-order valence-electron chi connectivity index (χ2n) is 9.72. The van der Waals surface area contributed by atoms with Crippen LogP contribution in [0, 0.1) is 0 Å². The molecule has 0 bridgehead atoms. The van der Waals surface area contributed by atoms with Gasteiger partial charge in [-0.2, -0.15) is 0 Å². The summed E-state index contributed by atoms with van der Waals surface area (Å²) >= 11 is 0. The van der Waals surface area contributed by atoms with Gasteiger partial charge in [0.25, 0.3) is 0 Å². The lowest BCUT2D eigenvalue weighted by molar-refractivity contribution is 0.563. The van der Waals surface area contributed by atoms with Crippen molar-refractivity contribution in [3.8, 4) is 11.1 Å². The van der Waals surface area contributed by atoms with E-state index in [1.807, 2.05) is 0 Å². The third-order valence-corrected chi connectivity index (χ3v) is 7.94. The summed E-state index contributed by atoms with van der Waals surface area (Å²) in [6.07, 6.45) is 0. The quantitative estimate of drug-likeness (QED) is 0.240. The summed E-state index contributed by atoms with van der Waals surface area (Å²) in [5.74, 6) is 0. The Morgan fingerprint density at radius 3 is 1.66 bits per heavy atom. The van der Waals surface area contributed by atoms with E-state index in [1.54, 1.807) is 0 Å². The number of hydrogen-bond donors (Lipinski definition) is 0. The van der Waals surface area contributed by atoms with E-state index in [0.717, 1.165) is 0 Å². The highest BCUT2D eigenvalue weighted by atomic mass is 14.5. The molecule has 0 heteroatoms. The molecule has 0 fully saturated rings. The van der Waals surface area contributed by atoms with Crippen molar-refractivity contribution >= 4 is 10.8 Å². The molecule has 0 amide bonds. The average Bonchev–Trinajstić information content (AvgIpc) is 3.15. The van der Waals surface area contributed by atoms with Crippen LogP contribution in [0.3, 0.4) is 0 Å². The van der Waals surface area contributed by atoms with Crippen LogP contribution in [-0.2, 0) is 10.8 Å². The molecule has 5 aromatic rings. The van der Waals surface area contributed by atoms with E-state index in [-0.39, 0.29) is 10.8 Å². The summed E-state index contributed by atoms with van der Waals surface area (Å²) in [6, 6.07) is 40.9. The molecule has 2 aliphatic rings. The van der Waals surface area contributed by atoms with Crippen LogP contribution < -0.4 is 0 Å². The van der Waals surface area contributed by atoms with Crippen molar-refractivity contribution < 1.29 is 0 Å². The normalized spacial score (nSPS) is 16.3. The van der Waals surface area contributed by atoms with E-state index in [1.165, 1.54) is 55.3 Å². The molecule has 152 valence electrons. The van der Waals surface area contributed by atoms with Gasteiger partial charge in [-0.1, -0.05) is 123 Å². The van der Waals surface area contributed by atoms with Crippen molar-refractivity contribution in [2.75, 3.05) is 0 Å². The average molecular weight is 409 g/mol. The van der Waals surface area contributed by atoms with Crippen LogP contribution in [0.4, 0.5) is 0 Å². The molecule has 0 saturated carbocycles. The predicted octanol–water partition coefficient (Wildman–Crippen LogP) is 7.84. The number of fused-ring (bicyclic) bond motifs is 11. The van der Waals surface area contributed by atoms with Gasteiger partial charge in [-0.05, 0) is 55.3 Å². The second kappa shape index (κ2) is 5.99. The van der Waals surface area contributed by atoms with Crippen molar-refractivity contribution in [2.45, 2.75) is 24.7 Å². The molecule has 32 heavy (non-hydrogen) atoms. The zero-order chi connectivity index (χ0) is 21.5. The first-order valence-electron chi connectivity index (χ1n) is 11.5. The number of rotatable bonds is 0. The Hall–Kier alpha value is -3.64. The molecule has 5 aromatic carbocycles. The molecule has 7 rings (SSSR count). The van der Waals surface area contributed by atoms with Gasteiger partial charge in [-0.25, -0.2) is 0 Å². The lowest BCUT2D eigenvalue weighted by Crippen LogP contribution is -2.40. The molecule has 1 spiro atoms. The molecule has 0 unspecified atom stereocenters. The van der Waals surface area contributed by atoms with Gasteiger partial charge in [0.15, 0.2) is 0 Å². The zero-order valence-electron chi connectivity index (χ0n) is 18.4. The lowest BCUT2D eigenvalue weighted by Gasteiger charge is -2.46. The van der Waals surface area contributed by atoms with E-state index >= 15 is 0 Å². The highest BCUT2D eigenvalue weighted by molar-refractivity contribution is 6.04. The van der Waals surface area contributed by atoms with Crippen molar-refractivity contribution in [1.29, 1.82) is 0 Å². The maximum absolute atomic E-state index is 2.39. The van der Waals surface area contributed by atoms with Crippen LogP contribution >= 0.6 is 0 Å². The molecule has 0 radical (unpaired) electrons. The standard InChI is InChI=1S/C32H24/c1-31(2)25-15-7-9-17-27(25)32(28-18-10-8-16-26(28)31)24-14-6-5-13-23(24)30-22-12-4-3-11-21(22)19-20-29(30)32/h3-20H,1-2H3. The van der Waals surface area contributed by atoms with Gasteiger partial charge in [-0.3, -0.25) is 0 Å². The summed E-state index contributed by atoms with van der Waals surface area (Å²) in [5, 5.41) is 2.64. The molecule has 0 heterocycles. The first-order chi connectivity index (χ1) is 15.6. The van der Waals surface area contributed by atoms with Gasteiger partial charge in [0, 0.05) is 5.41 Å². The van der Waals surface area contributed by atoms with E-state index in [4.69, 9.17) is 0 Å². The highest BCUT2D eigenvalue weighted by Crippen LogP contribution is 2.62. The van der Waals surface area contributed by atoms with Gasteiger partial charge in [0.2, 0.25) is 0 Å². The molecular weight excluding hydrogens is 384 g/mol. The van der Waals surface area contributed by atoms with E-state index < -0.39 is 0 Å². The summed E-state index contributed by atoms with van der Waals surface area (Å²) in [6.45, 7) is 4.75. The summed E-state index contributed by atoms with van der Waals surface area (Å²) in [5.41, 5.74) is 10.9. The van der Waals surface area contributed by atoms with Gasteiger partial charge in [0.05, 0.1) is 5.41 Å². The zero-order valence-corrected chi connectivity index (χ0v) is 18.4. The largest absolute Gasteiger partial charge is 0.0719 e. The van der Waals surface area contributed by atoms with Gasteiger partial charge in [0.1, 0.15) is 0 Å². The van der Waals surface area contributed by atoms with Crippen molar-refractivity contribution in [2.24, 2.45) is 0 Å². The minimum absolute atomic E-state index is 0.0486. The van der Waals surface area contributed by atoms with Gasteiger partial charge >= 0.3 is 0 Å². The molecule has 0 aromatic heterocycles. The fraction of sp³-hybridized carbons (Fsp3) is 0.125. The van der Waals surface area contributed by atoms with Crippen LogP contribution in [-0.4, -0.2) is 0 Å². The minimum Gasteiger partial charge on any atom is -0.0619 e. The maximum atomic E-state index is 2.39. The monoisotopic (exact) mass is 408 g/mol. The van der Waals surface area contributed by atoms with Crippen LogP contribution in [0.25, 0.3) is 21.9 Å². The van der Waals surface area contributed by atoms with Crippen LogP contribution in [0.5, 0.6) is 0 Å². The van der Waals surface area contributed by atoms with Crippen LogP contribution in [0.2, 0.25) is 0 Å². The summed E-state index contributed by atoms with van der Waals surface area (Å²) < 4.78 is 0. The number of hydrogen-bond acceptors (Lipinski definition) is 0. The van der Waals surface area contributed by atoms with Crippen molar-refractivity contribution in [1.82, 2.24) is 0 Å². The highest BCUT2D eigenvalue weighted by Gasteiger charge is 2.53. The minimum atomic E-state index is -0.293. The predicted molar refractivity (Wildman–Crippen MR) is 133 cm³/mol. The summed E-state index contributed by atoms with van der Waals surface area (Å²) in [4.78, 5) is 0. The Bertz CT molecular complexity index is 1500. The van der Waals surface area contributed by atoms with Crippen LogP contribution in [0.1, 0.15) is 47.2 Å². The Morgan fingerprint density at radius 2 is 0.969 bits per heavy atom. The van der Waals surface area contributed by atoms with Gasteiger partial charge in [-0.15, -0.1) is 0 Å². The number of benzene rings is 5. The fourth-order valence-corrected chi connectivity index (χ4v) is 6.63. The summed E-state index contributed by atoms with van der Waals surface area (Å²) in [7, 11) is 0. The fourth-order valence-electron chi connectivity index (χ4n) is 6.63. The Morgan fingerprint density at radius 1 is 0.438 bits per heavy atom. The lowest BCUT2D eigenvalue weighted by atomic mass is 9.55. The molecule has 0 saturated heterocycles. The molecular formula is C32H24. The first kappa shape index (κ1) is 18.0.